The van der Waals surface area contributed by atoms with Gasteiger partial charge in [-0.25, -0.2) is 9.97 Å². The predicted molar refractivity (Wildman–Crippen MR) is 114 cm³/mol. The first-order chi connectivity index (χ1) is 14.1. The quantitative estimate of drug-likeness (QED) is 0.632. The maximum Gasteiger partial charge on any atom is 0.279 e. The van der Waals surface area contributed by atoms with E-state index in [4.69, 9.17) is 4.98 Å². The molecule has 1 aromatic carbocycles. The van der Waals surface area contributed by atoms with Crippen LogP contribution in [0, 0.1) is 0 Å². The molecule has 1 fully saturated rings. The van der Waals surface area contributed by atoms with Crippen molar-refractivity contribution >= 4 is 11.2 Å². The zero-order valence-electron chi connectivity index (χ0n) is 17.1. The van der Waals surface area contributed by atoms with E-state index < -0.39 is 6.10 Å². The Morgan fingerprint density at radius 1 is 1.21 bits per heavy atom. The van der Waals surface area contributed by atoms with Gasteiger partial charge < -0.3 is 14.7 Å². The average molecular weight is 395 g/mol. The van der Waals surface area contributed by atoms with Gasteiger partial charge in [-0.15, -0.1) is 0 Å². The van der Waals surface area contributed by atoms with Crippen LogP contribution in [0.3, 0.4) is 0 Å². The number of aromatic nitrogens is 4. The lowest BCUT2D eigenvalue weighted by molar-refractivity contribution is 0.125. The van der Waals surface area contributed by atoms with Crippen molar-refractivity contribution in [3.05, 3.63) is 58.4 Å². The SMILES string of the molecule is CC(O)C(CCCc1ccccc1)n1cnc2c(=O)[nH]c(C3CCCCC3)nc21. The standard InChI is InChI=1S/C23H30N4O2/c1-16(28)19(14-8-11-17-9-4-2-5-10-17)27-15-24-20-22(27)25-21(26-23(20)29)18-12-6-3-7-13-18/h2,4-5,9-10,15-16,18-19,28H,3,6-8,11-14H2,1H3,(H,25,26,29). The first-order valence-electron chi connectivity index (χ1n) is 10.8. The number of aromatic amines is 1. The summed E-state index contributed by atoms with van der Waals surface area (Å²) in [4.78, 5) is 24.7. The Hall–Kier alpha value is -2.47. The second-order valence-corrected chi connectivity index (χ2v) is 8.30. The summed E-state index contributed by atoms with van der Waals surface area (Å²) in [5, 5.41) is 10.5. The molecule has 0 spiro atoms. The van der Waals surface area contributed by atoms with Crippen molar-refractivity contribution in [2.24, 2.45) is 0 Å². The van der Waals surface area contributed by atoms with Crippen LogP contribution in [0.15, 0.2) is 41.5 Å². The highest BCUT2D eigenvalue weighted by Crippen LogP contribution is 2.31. The molecule has 0 saturated heterocycles. The molecule has 1 aliphatic rings. The number of benzene rings is 1. The van der Waals surface area contributed by atoms with Crippen LogP contribution >= 0.6 is 0 Å². The Morgan fingerprint density at radius 2 is 1.97 bits per heavy atom. The lowest BCUT2D eigenvalue weighted by atomic mass is 9.89. The van der Waals surface area contributed by atoms with E-state index in [1.165, 1.54) is 24.8 Å². The summed E-state index contributed by atoms with van der Waals surface area (Å²) in [5.41, 5.74) is 2.07. The number of imidazole rings is 1. The minimum Gasteiger partial charge on any atom is -0.391 e. The van der Waals surface area contributed by atoms with Gasteiger partial charge in [0.05, 0.1) is 18.5 Å². The molecule has 0 radical (unpaired) electrons. The van der Waals surface area contributed by atoms with Gasteiger partial charge >= 0.3 is 0 Å². The smallest absolute Gasteiger partial charge is 0.279 e. The van der Waals surface area contributed by atoms with Crippen molar-refractivity contribution in [2.75, 3.05) is 0 Å². The number of aliphatic hydroxyl groups excluding tert-OH is 1. The van der Waals surface area contributed by atoms with E-state index in [1.54, 1.807) is 13.3 Å². The fourth-order valence-electron chi connectivity index (χ4n) is 4.53. The van der Waals surface area contributed by atoms with Crippen LogP contribution in [-0.4, -0.2) is 30.7 Å². The molecule has 4 rings (SSSR count). The fraction of sp³-hybridized carbons (Fsp3) is 0.522. The minimum atomic E-state index is -0.553. The molecule has 6 nitrogen and oxygen atoms in total. The molecule has 154 valence electrons. The van der Waals surface area contributed by atoms with Crippen LogP contribution in [0.1, 0.15) is 75.2 Å². The molecule has 2 aromatic heterocycles. The number of H-pyrrole nitrogens is 1. The second kappa shape index (κ2) is 8.91. The van der Waals surface area contributed by atoms with Crippen LogP contribution in [0.25, 0.3) is 11.2 Å². The molecule has 2 atom stereocenters. The van der Waals surface area contributed by atoms with E-state index in [-0.39, 0.29) is 11.6 Å². The highest BCUT2D eigenvalue weighted by atomic mass is 16.3. The molecule has 0 amide bonds. The third-order valence-corrected chi connectivity index (χ3v) is 6.16. The molecule has 2 unspecified atom stereocenters. The Morgan fingerprint density at radius 3 is 2.69 bits per heavy atom. The molecular formula is C23H30N4O2. The van der Waals surface area contributed by atoms with Gasteiger partial charge in [0.1, 0.15) is 5.82 Å². The van der Waals surface area contributed by atoms with Crippen LogP contribution in [0.4, 0.5) is 0 Å². The van der Waals surface area contributed by atoms with Crippen LogP contribution in [0.5, 0.6) is 0 Å². The van der Waals surface area contributed by atoms with E-state index in [9.17, 15) is 9.90 Å². The van der Waals surface area contributed by atoms with E-state index in [1.807, 2.05) is 22.8 Å². The average Bonchev–Trinajstić information content (AvgIpc) is 3.16. The zero-order valence-corrected chi connectivity index (χ0v) is 17.1. The monoisotopic (exact) mass is 394 g/mol. The summed E-state index contributed by atoms with van der Waals surface area (Å²) in [7, 11) is 0. The molecule has 1 saturated carbocycles. The van der Waals surface area contributed by atoms with Gasteiger partial charge in [0, 0.05) is 5.92 Å². The first-order valence-corrected chi connectivity index (χ1v) is 10.8. The first kappa shape index (κ1) is 19.8. The number of aliphatic hydroxyl groups is 1. The summed E-state index contributed by atoms with van der Waals surface area (Å²) in [5.74, 6) is 1.09. The Labute approximate surface area is 171 Å². The second-order valence-electron chi connectivity index (χ2n) is 8.30. The molecule has 2 heterocycles. The third-order valence-electron chi connectivity index (χ3n) is 6.16. The topological polar surface area (TPSA) is 83.8 Å². The maximum atomic E-state index is 12.6. The molecular weight excluding hydrogens is 364 g/mol. The summed E-state index contributed by atoms with van der Waals surface area (Å²) in [6.45, 7) is 1.80. The largest absolute Gasteiger partial charge is 0.391 e. The van der Waals surface area contributed by atoms with Crippen molar-refractivity contribution in [1.29, 1.82) is 0 Å². The Balaban J connectivity index is 1.59. The Bertz CT molecular complexity index is 987. The summed E-state index contributed by atoms with van der Waals surface area (Å²) < 4.78 is 1.91. The van der Waals surface area contributed by atoms with E-state index in [0.717, 1.165) is 37.9 Å². The van der Waals surface area contributed by atoms with Gasteiger partial charge in [0.15, 0.2) is 11.2 Å². The van der Waals surface area contributed by atoms with Gasteiger partial charge in [-0.05, 0) is 44.6 Å². The number of nitrogens with one attached hydrogen (secondary N) is 1. The molecule has 1 aliphatic carbocycles. The number of hydrogen-bond donors (Lipinski definition) is 2. The lowest BCUT2D eigenvalue weighted by Gasteiger charge is -2.23. The lowest BCUT2D eigenvalue weighted by Crippen LogP contribution is -2.23. The van der Waals surface area contributed by atoms with E-state index in [2.05, 4.69) is 22.1 Å². The number of aryl methyl sites for hydroxylation is 1. The summed E-state index contributed by atoms with van der Waals surface area (Å²) >= 11 is 0. The van der Waals surface area contributed by atoms with Gasteiger partial charge in [0.2, 0.25) is 0 Å². The van der Waals surface area contributed by atoms with E-state index >= 15 is 0 Å². The number of fused-ring (bicyclic) bond motifs is 1. The molecule has 6 heteroatoms. The zero-order chi connectivity index (χ0) is 20.2. The van der Waals surface area contributed by atoms with Gasteiger partial charge in [-0.1, -0.05) is 49.6 Å². The van der Waals surface area contributed by atoms with Crippen LogP contribution < -0.4 is 5.56 Å². The molecule has 2 N–H and O–H groups in total. The molecule has 0 bridgehead atoms. The molecule has 3 aromatic rings. The van der Waals surface area contributed by atoms with Crippen LogP contribution in [-0.2, 0) is 6.42 Å². The normalized spacial score (nSPS) is 17.4. The number of nitrogens with zero attached hydrogens (tertiary/aromatic N) is 3. The van der Waals surface area contributed by atoms with Crippen molar-refractivity contribution in [3.63, 3.8) is 0 Å². The fourth-order valence-corrected chi connectivity index (χ4v) is 4.53. The predicted octanol–water partition coefficient (Wildman–Crippen LogP) is 4.11. The molecule has 0 aliphatic heterocycles. The minimum absolute atomic E-state index is 0.155. The Kier molecular flexibility index (Phi) is 6.09. The molecule has 29 heavy (non-hydrogen) atoms. The van der Waals surface area contributed by atoms with Gasteiger partial charge in [0.25, 0.3) is 5.56 Å². The number of hydrogen-bond acceptors (Lipinski definition) is 4. The van der Waals surface area contributed by atoms with Crippen molar-refractivity contribution in [1.82, 2.24) is 19.5 Å². The van der Waals surface area contributed by atoms with Crippen molar-refractivity contribution in [3.8, 4) is 0 Å². The van der Waals surface area contributed by atoms with Gasteiger partial charge in [-0.2, -0.15) is 0 Å². The van der Waals surface area contributed by atoms with Gasteiger partial charge in [-0.3, -0.25) is 4.79 Å². The van der Waals surface area contributed by atoms with E-state index in [0.29, 0.717) is 17.1 Å². The van der Waals surface area contributed by atoms with Crippen LogP contribution in [0.2, 0.25) is 0 Å². The summed E-state index contributed by atoms with van der Waals surface area (Å²) in [6.07, 6.45) is 9.56. The highest BCUT2D eigenvalue weighted by molar-refractivity contribution is 5.69. The third kappa shape index (κ3) is 4.42. The van der Waals surface area contributed by atoms with Crippen molar-refractivity contribution < 1.29 is 5.11 Å². The summed E-state index contributed by atoms with van der Waals surface area (Å²) in [6, 6.07) is 10.2. The van der Waals surface area contributed by atoms with Crippen molar-refractivity contribution in [2.45, 2.75) is 76.4 Å². The number of rotatable bonds is 7. The highest BCUT2D eigenvalue weighted by Gasteiger charge is 2.24. The maximum absolute atomic E-state index is 12.6.